The normalized spacial score (nSPS) is 19.0. The largest absolute Gasteiger partial charge is 0.456 e. The number of hydrogen-bond acceptors (Lipinski definition) is 8. The first-order valence-electron chi connectivity index (χ1n) is 18.7. The van der Waals surface area contributed by atoms with Gasteiger partial charge in [0.15, 0.2) is 17.3 Å². The molecule has 3 aromatic carbocycles. The fourth-order valence-electron chi connectivity index (χ4n) is 8.53. The number of benzene rings is 3. The van der Waals surface area contributed by atoms with Gasteiger partial charge in [0.05, 0.1) is 11.1 Å². The number of amides is 2. The van der Waals surface area contributed by atoms with Gasteiger partial charge in [-0.15, -0.1) is 0 Å². The standard InChI is InChI=1S/C40H43FN6O5/c41-30-20-28-36-39(37(30)46-18-10-25(23-46)43-35(48)11-17-44-13-4-1-5-14-44)52-34-21-27-26-8-2-3-9-32(26)51-33(27)22-31(34)47(36)24-29(38(28)49)40(50)42-12-19-45-15-6-7-16-45/h2-3,8-9,20-22,24-25H,1,4-7,10-19,23H2,(H,42,50)(H,43,48). The van der Waals surface area contributed by atoms with Crippen molar-refractivity contribution in [3.63, 3.8) is 0 Å². The molecule has 0 saturated carbocycles. The summed E-state index contributed by atoms with van der Waals surface area (Å²) in [6, 6.07) is 12.5. The van der Waals surface area contributed by atoms with Crippen molar-refractivity contribution in [3.05, 3.63) is 70.3 Å². The number of halogens is 1. The fourth-order valence-corrected chi connectivity index (χ4v) is 8.53. The van der Waals surface area contributed by atoms with Crippen LogP contribution in [0.3, 0.4) is 0 Å². The number of anilines is 1. The van der Waals surface area contributed by atoms with Gasteiger partial charge in [0, 0.05) is 68.2 Å². The Bertz CT molecular complexity index is 2270. The van der Waals surface area contributed by atoms with Gasteiger partial charge in [0.2, 0.25) is 11.3 Å². The Hall–Kier alpha value is -4.94. The maximum atomic E-state index is 16.5. The van der Waals surface area contributed by atoms with Gasteiger partial charge >= 0.3 is 0 Å². The third kappa shape index (κ3) is 5.97. The van der Waals surface area contributed by atoms with Crippen LogP contribution in [-0.2, 0) is 4.79 Å². The van der Waals surface area contributed by atoms with E-state index in [0.717, 1.165) is 56.3 Å². The van der Waals surface area contributed by atoms with Crippen LogP contribution in [0.4, 0.5) is 10.1 Å². The molecule has 1 unspecified atom stereocenters. The number of hydrogen-bond donors (Lipinski definition) is 2. The van der Waals surface area contributed by atoms with Crippen LogP contribution in [0.5, 0.6) is 11.5 Å². The van der Waals surface area contributed by atoms with Crippen molar-refractivity contribution in [1.82, 2.24) is 25.0 Å². The number of carbonyl (C=O) groups excluding carboxylic acids is 2. The molecule has 2 aromatic heterocycles. The Morgan fingerprint density at radius 3 is 2.46 bits per heavy atom. The van der Waals surface area contributed by atoms with Gasteiger partial charge in [0.1, 0.15) is 27.9 Å². The highest BCUT2D eigenvalue weighted by Gasteiger charge is 2.34. The molecule has 0 spiro atoms. The summed E-state index contributed by atoms with van der Waals surface area (Å²) < 4.78 is 31.1. The monoisotopic (exact) mass is 706 g/mol. The van der Waals surface area contributed by atoms with Gasteiger partial charge in [0.25, 0.3) is 5.91 Å². The van der Waals surface area contributed by atoms with Crippen LogP contribution in [0.15, 0.2) is 57.9 Å². The SMILES string of the molecule is O=C(CCN1CCCCC1)NC1CCN(c2c(F)cc3c(=O)c(C(=O)NCCN4CCCC4)cn4c3c2Oc2cc3c(cc2-4)oc2ccccc23)C1. The predicted molar refractivity (Wildman–Crippen MR) is 199 cm³/mol. The van der Waals surface area contributed by atoms with Gasteiger partial charge in [-0.2, -0.15) is 0 Å². The van der Waals surface area contributed by atoms with Crippen molar-refractivity contribution < 1.29 is 23.1 Å². The van der Waals surface area contributed by atoms with E-state index < -0.39 is 17.2 Å². The molecule has 3 saturated heterocycles. The topological polar surface area (TPSA) is 112 Å². The van der Waals surface area contributed by atoms with Crippen molar-refractivity contribution in [2.45, 2.75) is 51.0 Å². The zero-order valence-corrected chi connectivity index (χ0v) is 29.2. The number of piperidine rings is 1. The minimum Gasteiger partial charge on any atom is -0.456 e. The number of fused-ring (bicyclic) bond motifs is 5. The van der Waals surface area contributed by atoms with Crippen molar-refractivity contribution >= 4 is 50.3 Å². The number of nitrogens with zero attached hydrogens (tertiary/aromatic N) is 4. The van der Waals surface area contributed by atoms with E-state index in [1.54, 1.807) is 10.8 Å². The van der Waals surface area contributed by atoms with Crippen molar-refractivity contribution in [3.8, 4) is 17.2 Å². The number of rotatable bonds is 9. The maximum Gasteiger partial charge on any atom is 0.256 e. The summed E-state index contributed by atoms with van der Waals surface area (Å²) in [5, 5.41) is 7.89. The summed E-state index contributed by atoms with van der Waals surface area (Å²) >= 11 is 0. The fraction of sp³-hybridized carbons (Fsp3) is 0.425. The van der Waals surface area contributed by atoms with E-state index in [1.807, 2.05) is 41.3 Å². The van der Waals surface area contributed by atoms with Gasteiger partial charge in [-0.1, -0.05) is 24.6 Å². The first kappa shape index (κ1) is 32.9. The lowest BCUT2D eigenvalue weighted by molar-refractivity contribution is -0.122. The van der Waals surface area contributed by atoms with Crippen molar-refractivity contribution in [1.29, 1.82) is 0 Å². The second-order valence-corrected chi connectivity index (χ2v) is 14.6. The van der Waals surface area contributed by atoms with Gasteiger partial charge < -0.3 is 39.1 Å². The zero-order valence-electron chi connectivity index (χ0n) is 29.2. The van der Waals surface area contributed by atoms with E-state index >= 15 is 4.39 Å². The molecule has 0 bridgehead atoms. The van der Waals surface area contributed by atoms with Gasteiger partial charge in [-0.25, -0.2) is 4.39 Å². The number of ether oxygens (including phenoxy) is 1. The summed E-state index contributed by atoms with van der Waals surface area (Å²) in [7, 11) is 0. The van der Waals surface area contributed by atoms with Gasteiger partial charge in [-0.05, 0) is 76.5 Å². The van der Waals surface area contributed by atoms with Gasteiger partial charge in [-0.3, -0.25) is 14.4 Å². The molecule has 2 amide bonds. The maximum absolute atomic E-state index is 16.5. The molecule has 0 aliphatic carbocycles. The van der Waals surface area contributed by atoms with Crippen LogP contribution in [0.2, 0.25) is 0 Å². The predicted octanol–water partition coefficient (Wildman–Crippen LogP) is 5.53. The third-order valence-electron chi connectivity index (χ3n) is 11.2. The van der Waals surface area contributed by atoms with E-state index in [2.05, 4.69) is 20.4 Å². The Balaban J connectivity index is 1.07. The molecule has 4 aliphatic heterocycles. The highest BCUT2D eigenvalue weighted by atomic mass is 19.1. The van der Waals surface area contributed by atoms with E-state index in [9.17, 15) is 14.4 Å². The Kier molecular flexibility index (Phi) is 8.59. The Labute approximate surface area is 300 Å². The molecule has 0 radical (unpaired) electrons. The minimum absolute atomic E-state index is 0.000598. The second-order valence-electron chi connectivity index (χ2n) is 14.6. The average molecular weight is 707 g/mol. The minimum atomic E-state index is -0.617. The first-order chi connectivity index (χ1) is 25.4. The van der Waals surface area contributed by atoms with Crippen molar-refractivity contribution in [2.75, 3.05) is 63.8 Å². The molecule has 6 heterocycles. The van der Waals surface area contributed by atoms with Crippen LogP contribution in [-0.4, -0.2) is 91.1 Å². The molecule has 9 rings (SSSR count). The molecule has 5 aromatic rings. The molecule has 4 aliphatic rings. The molecule has 3 fully saturated rings. The molecule has 2 N–H and O–H groups in total. The zero-order chi connectivity index (χ0) is 35.3. The number of carbonyl (C=O) groups is 2. The summed E-state index contributed by atoms with van der Waals surface area (Å²) in [6.07, 6.45) is 8.52. The van der Waals surface area contributed by atoms with Crippen LogP contribution in [0, 0.1) is 5.82 Å². The molecule has 11 nitrogen and oxygen atoms in total. The smallest absolute Gasteiger partial charge is 0.256 e. The highest BCUT2D eigenvalue weighted by molar-refractivity contribution is 6.07. The summed E-state index contributed by atoms with van der Waals surface area (Å²) in [4.78, 5) is 47.1. The molecule has 270 valence electrons. The van der Waals surface area contributed by atoms with Crippen LogP contribution in [0.25, 0.3) is 38.5 Å². The van der Waals surface area contributed by atoms with E-state index in [-0.39, 0.29) is 34.3 Å². The Morgan fingerprint density at radius 2 is 1.63 bits per heavy atom. The van der Waals surface area contributed by atoms with E-state index in [1.165, 1.54) is 25.3 Å². The molecular formula is C40H43FN6O5. The number of pyridine rings is 1. The number of nitrogens with one attached hydrogen (secondary N) is 2. The Morgan fingerprint density at radius 1 is 0.865 bits per heavy atom. The molecule has 52 heavy (non-hydrogen) atoms. The lowest BCUT2D eigenvalue weighted by Crippen LogP contribution is -2.39. The quantitative estimate of drug-likeness (QED) is 0.202. The van der Waals surface area contributed by atoms with E-state index in [0.29, 0.717) is 67.1 Å². The summed E-state index contributed by atoms with van der Waals surface area (Å²) in [5.74, 6) is -0.458. The summed E-state index contributed by atoms with van der Waals surface area (Å²) in [5.41, 5.74) is 1.90. The lowest BCUT2D eigenvalue weighted by Gasteiger charge is -2.29. The number of furan rings is 1. The lowest BCUT2D eigenvalue weighted by atomic mass is 10.0. The second kappa shape index (κ2) is 13.6. The van der Waals surface area contributed by atoms with E-state index in [4.69, 9.17) is 9.15 Å². The first-order valence-corrected chi connectivity index (χ1v) is 18.7. The number of likely N-dealkylation sites (tertiary alicyclic amines) is 2. The van der Waals surface area contributed by atoms with Crippen LogP contribution < -0.4 is 25.7 Å². The molecule has 1 atom stereocenters. The van der Waals surface area contributed by atoms with Crippen molar-refractivity contribution in [2.24, 2.45) is 0 Å². The number of aromatic nitrogens is 1. The van der Waals surface area contributed by atoms with Crippen LogP contribution >= 0.6 is 0 Å². The number of para-hydroxylation sites is 1. The average Bonchev–Trinajstić information content (AvgIpc) is 3.92. The highest BCUT2D eigenvalue weighted by Crippen LogP contribution is 2.49. The molecular weight excluding hydrogens is 663 g/mol. The van der Waals surface area contributed by atoms with Crippen LogP contribution in [0.1, 0.15) is 55.3 Å². The molecule has 12 heteroatoms. The third-order valence-corrected chi connectivity index (χ3v) is 11.2. The summed E-state index contributed by atoms with van der Waals surface area (Å²) in [6.45, 7) is 6.81.